The molecular weight excluding hydrogens is 341 g/mol. The number of hydrogen-bond donors (Lipinski definition) is 0. The summed E-state index contributed by atoms with van der Waals surface area (Å²) in [5.74, 6) is 2.27. The predicted octanol–water partition coefficient (Wildman–Crippen LogP) is 6.22. The SMILES string of the molecule is C1=CC2C=CC1C2.Cc1ccc(C(C)C)cc1.[CH3-].[CH3-].[CH3-].[Ru+3]. The van der Waals surface area contributed by atoms with E-state index in [9.17, 15) is 0 Å². The maximum atomic E-state index is 2.30. The molecule has 0 atom stereocenters. The van der Waals surface area contributed by atoms with Crippen LogP contribution in [0.4, 0.5) is 0 Å². The van der Waals surface area contributed by atoms with Gasteiger partial charge in [0.15, 0.2) is 0 Å². The zero-order valence-electron chi connectivity index (χ0n) is 14.4. The molecule has 2 aliphatic rings. The average Bonchev–Trinajstić information content (AvgIpc) is 2.94. The number of benzene rings is 1. The van der Waals surface area contributed by atoms with Crippen LogP contribution >= 0.6 is 0 Å². The van der Waals surface area contributed by atoms with Crippen LogP contribution in [0, 0.1) is 41.0 Å². The Labute approximate surface area is 146 Å². The number of hydrogen-bond acceptors (Lipinski definition) is 0. The van der Waals surface area contributed by atoms with Gasteiger partial charge in [0.1, 0.15) is 0 Å². The zero-order chi connectivity index (χ0) is 12.3. The number of allylic oxidation sites excluding steroid dienone is 4. The summed E-state index contributed by atoms with van der Waals surface area (Å²) in [5.41, 5.74) is 2.76. The van der Waals surface area contributed by atoms with Crippen molar-refractivity contribution in [2.45, 2.75) is 33.1 Å². The first-order chi connectivity index (χ1) is 8.15. The van der Waals surface area contributed by atoms with Gasteiger partial charge in [-0.1, -0.05) is 68.0 Å². The van der Waals surface area contributed by atoms with E-state index in [0.717, 1.165) is 11.8 Å². The maximum absolute atomic E-state index is 2.30. The molecule has 0 amide bonds. The third-order valence-electron chi connectivity index (χ3n) is 3.50. The molecule has 0 fully saturated rings. The molecule has 0 unspecified atom stereocenters. The summed E-state index contributed by atoms with van der Waals surface area (Å²) in [5, 5.41) is 0. The standard InChI is InChI=1S/C10H14.C7H8.3CH3.Ru/c1-8(2)10-6-4-9(3)5-7-10;1-2-7-4-3-6(1)5-7;;;;/h4-8H,1-3H3;1-4,6-7H,5H2;3*1H3;/q;;3*-1;+3. The molecule has 0 N–H and O–H groups in total. The van der Waals surface area contributed by atoms with Gasteiger partial charge >= 0.3 is 19.5 Å². The van der Waals surface area contributed by atoms with E-state index in [1.807, 2.05) is 0 Å². The van der Waals surface area contributed by atoms with E-state index in [4.69, 9.17) is 0 Å². The summed E-state index contributed by atoms with van der Waals surface area (Å²) < 4.78 is 0. The minimum Gasteiger partial charge on any atom is -0.358 e. The van der Waals surface area contributed by atoms with Crippen molar-refractivity contribution in [1.82, 2.24) is 0 Å². The van der Waals surface area contributed by atoms with Gasteiger partial charge in [0.25, 0.3) is 0 Å². The van der Waals surface area contributed by atoms with Gasteiger partial charge in [-0.3, -0.25) is 0 Å². The number of rotatable bonds is 1. The van der Waals surface area contributed by atoms with E-state index in [1.54, 1.807) is 0 Å². The molecule has 1 aromatic rings. The van der Waals surface area contributed by atoms with Crippen molar-refractivity contribution in [1.29, 1.82) is 0 Å². The molecule has 0 aromatic heterocycles. The van der Waals surface area contributed by atoms with Crippen LogP contribution in [0.1, 0.15) is 37.3 Å². The molecule has 0 heterocycles. The quantitative estimate of drug-likeness (QED) is 0.312. The van der Waals surface area contributed by atoms with E-state index < -0.39 is 0 Å². The van der Waals surface area contributed by atoms with E-state index >= 15 is 0 Å². The van der Waals surface area contributed by atoms with Crippen LogP contribution in [0.15, 0.2) is 48.6 Å². The van der Waals surface area contributed by atoms with Crippen molar-refractivity contribution < 1.29 is 19.5 Å². The second kappa shape index (κ2) is 11.9. The topological polar surface area (TPSA) is 0 Å². The largest absolute Gasteiger partial charge is 3.00 e. The predicted molar refractivity (Wildman–Crippen MR) is 94.4 cm³/mol. The maximum Gasteiger partial charge on any atom is 3.00 e. The third-order valence-corrected chi connectivity index (χ3v) is 3.50. The molecule has 0 aliphatic heterocycles. The van der Waals surface area contributed by atoms with Crippen LogP contribution in [0.25, 0.3) is 0 Å². The number of aryl methyl sites for hydroxylation is 1. The zero-order valence-corrected chi connectivity index (χ0v) is 16.1. The summed E-state index contributed by atoms with van der Waals surface area (Å²) >= 11 is 0. The van der Waals surface area contributed by atoms with Crippen LogP contribution in [0.5, 0.6) is 0 Å². The molecule has 0 spiro atoms. The van der Waals surface area contributed by atoms with Gasteiger partial charge in [-0.2, -0.15) is 0 Å². The van der Waals surface area contributed by atoms with Gasteiger partial charge in [0, 0.05) is 0 Å². The molecule has 1 heteroatoms. The summed E-state index contributed by atoms with van der Waals surface area (Å²) in [4.78, 5) is 0. The molecule has 21 heavy (non-hydrogen) atoms. The summed E-state index contributed by atoms with van der Waals surface area (Å²) in [6, 6.07) is 8.71. The fourth-order valence-electron chi connectivity index (χ4n) is 2.28. The molecular formula is C20H31Ru. The average molecular weight is 373 g/mol. The van der Waals surface area contributed by atoms with Gasteiger partial charge in [-0.25, -0.2) is 0 Å². The van der Waals surface area contributed by atoms with Crippen LogP contribution in [-0.2, 0) is 19.5 Å². The fraction of sp³-hybridized carbons (Fsp3) is 0.350. The first-order valence-corrected chi connectivity index (χ1v) is 6.58. The first kappa shape index (κ1) is 25.3. The minimum atomic E-state index is 0. The Morgan fingerprint density at radius 1 is 0.810 bits per heavy atom. The molecule has 119 valence electrons. The monoisotopic (exact) mass is 373 g/mol. The summed E-state index contributed by atoms with van der Waals surface area (Å²) in [7, 11) is 0. The van der Waals surface area contributed by atoms with Gasteiger partial charge in [0.2, 0.25) is 0 Å². The Kier molecular flexibility index (Phi) is 14.4. The molecule has 1 aromatic carbocycles. The first-order valence-electron chi connectivity index (χ1n) is 6.58. The van der Waals surface area contributed by atoms with Crippen LogP contribution in [-0.4, -0.2) is 0 Å². The van der Waals surface area contributed by atoms with Gasteiger partial charge in [-0.15, -0.1) is 0 Å². The van der Waals surface area contributed by atoms with Crippen molar-refractivity contribution in [3.05, 3.63) is 82.0 Å². The second-order valence-electron chi connectivity index (χ2n) is 5.40. The van der Waals surface area contributed by atoms with Crippen molar-refractivity contribution in [2.75, 3.05) is 0 Å². The van der Waals surface area contributed by atoms with Crippen molar-refractivity contribution in [2.24, 2.45) is 11.8 Å². The fourth-order valence-corrected chi connectivity index (χ4v) is 2.28. The minimum absolute atomic E-state index is 0. The third kappa shape index (κ3) is 7.77. The van der Waals surface area contributed by atoms with Gasteiger partial charge in [-0.05, 0) is 36.7 Å². The molecule has 3 rings (SSSR count). The van der Waals surface area contributed by atoms with Crippen molar-refractivity contribution >= 4 is 0 Å². The van der Waals surface area contributed by atoms with Crippen LogP contribution < -0.4 is 0 Å². The molecule has 1 radical (unpaired) electrons. The van der Waals surface area contributed by atoms with Gasteiger partial charge in [0.05, 0.1) is 0 Å². The Morgan fingerprint density at radius 2 is 1.19 bits per heavy atom. The van der Waals surface area contributed by atoms with Crippen LogP contribution in [0.3, 0.4) is 0 Å². The van der Waals surface area contributed by atoms with E-state index in [2.05, 4.69) is 69.3 Å². The van der Waals surface area contributed by atoms with Crippen molar-refractivity contribution in [3.8, 4) is 0 Å². The Bertz CT molecular complexity index is 384. The van der Waals surface area contributed by atoms with Crippen molar-refractivity contribution in [3.63, 3.8) is 0 Å². The second-order valence-corrected chi connectivity index (χ2v) is 5.40. The van der Waals surface area contributed by atoms with E-state index in [-0.39, 0.29) is 41.8 Å². The summed E-state index contributed by atoms with van der Waals surface area (Å²) in [6.45, 7) is 6.54. The molecule has 0 saturated carbocycles. The van der Waals surface area contributed by atoms with E-state index in [0.29, 0.717) is 5.92 Å². The Morgan fingerprint density at radius 3 is 1.43 bits per heavy atom. The normalized spacial score (nSPS) is 19.4. The van der Waals surface area contributed by atoms with E-state index in [1.165, 1.54) is 17.5 Å². The number of fused-ring (bicyclic) bond motifs is 2. The Hall–Kier alpha value is -0.677. The van der Waals surface area contributed by atoms with Gasteiger partial charge < -0.3 is 22.3 Å². The molecule has 0 saturated heterocycles. The van der Waals surface area contributed by atoms with Crippen LogP contribution in [0.2, 0.25) is 0 Å². The smallest absolute Gasteiger partial charge is 0.358 e. The summed E-state index contributed by atoms with van der Waals surface area (Å²) in [6.07, 6.45) is 10.5. The molecule has 2 aliphatic carbocycles. The molecule has 0 nitrogen and oxygen atoms in total. The molecule has 2 bridgehead atoms. The Balaban J connectivity index is -0.000000266.